The van der Waals surface area contributed by atoms with Gasteiger partial charge in [-0.3, -0.25) is 0 Å². The van der Waals surface area contributed by atoms with Gasteiger partial charge in [-0.1, -0.05) is 82.1 Å². The standard InChI is InChI=1S/C26H34N.C10H12O.2ClH.Ru/c1-18(2)21-11-9-12-22(19(3)4)24(21)27-17-26(16-25(27,5)6)15-14-20-10-7-8-13-23(20)26;1-8(2)11-10-7-5-4-6-9(10)3;;;/h7-13,17-19H,14-16H2,1-6H3;3-8H,1-2H3;2*1H;/q-1;;;;+2/p-2/t26-;;;;/m0..../s1. The van der Waals surface area contributed by atoms with E-state index in [1.807, 2.05) is 42.7 Å². The van der Waals surface area contributed by atoms with Gasteiger partial charge in [0.15, 0.2) is 0 Å². The number of halogens is 2. The smallest absolute Gasteiger partial charge is 0.0145 e. The number of hydrogen-bond acceptors (Lipinski definition) is 2. The molecule has 0 saturated carbocycles. The van der Waals surface area contributed by atoms with Gasteiger partial charge < -0.3 is 4.90 Å². The molecule has 0 N–H and O–H groups in total. The Labute approximate surface area is 261 Å². The molecule has 224 valence electrons. The van der Waals surface area contributed by atoms with Crippen molar-refractivity contribution in [1.82, 2.24) is 0 Å². The van der Waals surface area contributed by atoms with Crippen LogP contribution in [0.15, 0.2) is 66.7 Å². The fourth-order valence-corrected chi connectivity index (χ4v) is 8.33. The Morgan fingerprint density at radius 2 is 1.46 bits per heavy atom. The molecule has 0 bridgehead atoms. The molecule has 1 aliphatic carbocycles. The molecule has 1 heterocycles. The quantitative estimate of drug-likeness (QED) is 0.190. The minimum Gasteiger partial charge on any atom is -0.517 e. The van der Waals surface area contributed by atoms with E-state index in [9.17, 15) is 0 Å². The molecule has 3 aromatic carbocycles. The maximum atomic E-state index is 5.82. The average Bonchev–Trinajstić information content (AvgIpc) is 3.39. The van der Waals surface area contributed by atoms with Crippen molar-refractivity contribution in [3.63, 3.8) is 0 Å². The van der Waals surface area contributed by atoms with Crippen molar-refractivity contribution >= 4 is 29.7 Å². The van der Waals surface area contributed by atoms with Crippen LogP contribution in [0.4, 0.5) is 5.69 Å². The van der Waals surface area contributed by atoms with Crippen molar-refractivity contribution in [3.8, 4) is 5.75 Å². The van der Waals surface area contributed by atoms with E-state index in [4.69, 9.17) is 24.1 Å². The monoisotopic (exact) mass is 680 g/mol. The SMILES string of the molecule is CC(C)Oc1ccccc1[CH]=[Ru]([Cl])[Cl].CC(C)c1cccc(C(C)C)c1N1[CH-][C@]2(CCc3ccccc32)CC1(C)C. The van der Waals surface area contributed by atoms with E-state index < -0.39 is 13.5 Å². The van der Waals surface area contributed by atoms with Crippen molar-refractivity contribution in [3.05, 3.63) is 101 Å². The summed E-state index contributed by atoms with van der Waals surface area (Å²) >= 11 is -1.77. The molecule has 0 aromatic heterocycles. The molecule has 2 nitrogen and oxygen atoms in total. The van der Waals surface area contributed by atoms with Gasteiger partial charge in [-0.2, -0.15) is 0 Å². The first-order valence-corrected chi connectivity index (χ1v) is 20.3. The number of nitrogens with zero attached hydrogens (tertiary/aromatic N) is 1. The summed E-state index contributed by atoms with van der Waals surface area (Å²) < 4.78 is 7.51. The largest absolute Gasteiger partial charge is 0.517 e. The number of fused-ring (bicyclic) bond motifs is 2. The first kappa shape index (κ1) is 32.3. The zero-order valence-electron chi connectivity index (χ0n) is 25.8. The predicted octanol–water partition coefficient (Wildman–Crippen LogP) is 10.5. The van der Waals surface area contributed by atoms with Crippen LogP contribution in [0, 0.1) is 6.54 Å². The van der Waals surface area contributed by atoms with Gasteiger partial charge in [0.05, 0.1) is 0 Å². The third-order valence-corrected chi connectivity index (χ3v) is 10.1. The second-order valence-corrected chi connectivity index (χ2v) is 18.6. The normalized spacial score (nSPS) is 19.4. The van der Waals surface area contributed by atoms with E-state index in [2.05, 4.69) is 95.5 Å². The second-order valence-electron chi connectivity index (χ2n) is 12.9. The van der Waals surface area contributed by atoms with Crippen LogP contribution in [0.3, 0.4) is 0 Å². The molecule has 41 heavy (non-hydrogen) atoms. The molecule has 1 aliphatic heterocycles. The Morgan fingerprint density at radius 1 is 0.854 bits per heavy atom. The van der Waals surface area contributed by atoms with Crippen molar-refractivity contribution < 1.29 is 18.3 Å². The molecule has 0 radical (unpaired) electrons. The topological polar surface area (TPSA) is 12.5 Å². The maximum absolute atomic E-state index is 5.82. The molecular weight excluding hydrogens is 634 g/mol. The first-order valence-electron chi connectivity index (χ1n) is 14.8. The molecule has 5 rings (SSSR count). The third kappa shape index (κ3) is 7.29. The molecular formula is C36H46Cl2NORu-. The van der Waals surface area contributed by atoms with Crippen LogP contribution in [0.5, 0.6) is 5.75 Å². The number of para-hydroxylation sites is 2. The van der Waals surface area contributed by atoms with Gasteiger partial charge in [0.2, 0.25) is 0 Å². The summed E-state index contributed by atoms with van der Waals surface area (Å²) in [6.45, 7) is 20.8. The van der Waals surface area contributed by atoms with Crippen molar-refractivity contribution in [2.75, 3.05) is 4.90 Å². The summed E-state index contributed by atoms with van der Waals surface area (Å²) in [6, 6.07) is 23.8. The Kier molecular flexibility index (Phi) is 10.5. The van der Waals surface area contributed by atoms with Crippen molar-refractivity contribution in [2.24, 2.45) is 0 Å². The molecule has 0 amide bonds. The number of aryl methyl sites for hydroxylation is 1. The molecule has 5 heteroatoms. The van der Waals surface area contributed by atoms with Crippen LogP contribution >= 0.6 is 19.4 Å². The summed E-state index contributed by atoms with van der Waals surface area (Å²) in [7, 11) is 11.6. The van der Waals surface area contributed by atoms with Crippen LogP contribution in [-0.4, -0.2) is 16.3 Å². The number of ether oxygens (including phenoxy) is 1. The van der Waals surface area contributed by atoms with Gasteiger partial charge in [0, 0.05) is 11.2 Å². The van der Waals surface area contributed by atoms with E-state index in [1.165, 1.54) is 36.1 Å². The fraction of sp³-hybridized carbons (Fsp3) is 0.444. The minimum atomic E-state index is -1.77. The average molecular weight is 681 g/mol. The maximum Gasteiger partial charge on any atom is 0.0145 e. The van der Waals surface area contributed by atoms with Crippen molar-refractivity contribution in [1.29, 1.82) is 0 Å². The predicted molar refractivity (Wildman–Crippen MR) is 176 cm³/mol. The summed E-state index contributed by atoms with van der Waals surface area (Å²) in [6.07, 6.45) is 3.81. The van der Waals surface area contributed by atoms with Gasteiger partial charge in [0.25, 0.3) is 0 Å². The van der Waals surface area contributed by atoms with Crippen molar-refractivity contribution in [2.45, 2.75) is 104 Å². The zero-order chi connectivity index (χ0) is 29.9. The zero-order valence-corrected chi connectivity index (χ0v) is 29.1. The summed E-state index contributed by atoms with van der Waals surface area (Å²) in [5.74, 6) is 1.90. The number of anilines is 1. The Bertz CT molecular complexity index is 1350. The Morgan fingerprint density at radius 3 is 2.07 bits per heavy atom. The van der Waals surface area contributed by atoms with E-state index in [1.54, 1.807) is 11.1 Å². The van der Waals surface area contributed by atoms with E-state index in [0.717, 1.165) is 11.3 Å². The molecule has 3 aromatic rings. The number of rotatable bonds is 6. The summed E-state index contributed by atoms with van der Waals surface area (Å²) in [4.78, 5) is 2.65. The fourth-order valence-electron chi connectivity index (χ4n) is 6.53. The van der Waals surface area contributed by atoms with E-state index >= 15 is 0 Å². The molecule has 1 spiro atoms. The van der Waals surface area contributed by atoms with E-state index in [0.29, 0.717) is 11.8 Å². The first-order chi connectivity index (χ1) is 19.3. The summed E-state index contributed by atoms with van der Waals surface area (Å²) in [5, 5.41) is 0. The molecule has 0 unspecified atom stereocenters. The van der Waals surface area contributed by atoms with Crippen LogP contribution < -0.4 is 9.64 Å². The summed E-state index contributed by atoms with van der Waals surface area (Å²) in [5.41, 5.74) is 8.84. The van der Waals surface area contributed by atoms with Gasteiger partial charge >= 0.3 is 97.8 Å². The molecule has 1 saturated heterocycles. The van der Waals surface area contributed by atoms with Gasteiger partial charge in [0.1, 0.15) is 0 Å². The Hall–Kier alpha value is -1.67. The van der Waals surface area contributed by atoms with Crippen LogP contribution in [0.2, 0.25) is 0 Å². The van der Waals surface area contributed by atoms with Gasteiger partial charge in [-0.15, -0.1) is 5.41 Å². The number of hydrogen-bond donors (Lipinski definition) is 0. The molecule has 1 atom stereocenters. The minimum absolute atomic E-state index is 0.117. The number of benzene rings is 3. The third-order valence-electron chi connectivity index (χ3n) is 8.22. The second kappa shape index (κ2) is 13.3. The van der Waals surface area contributed by atoms with Crippen LogP contribution in [0.1, 0.15) is 108 Å². The van der Waals surface area contributed by atoms with Crippen LogP contribution in [0.25, 0.3) is 0 Å². The molecule has 1 fully saturated rings. The Balaban J connectivity index is 0.000000234. The molecule has 2 aliphatic rings. The van der Waals surface area contributed by atoms with Gasteiger partial charge in [-0.25, -0.2) is 6.54 Å². The van der Waals surface area contributed by atoms with Crippen LogP contribution in [-0.2, 0) is 25.4 Å². The van der Waals surface area contributed by atoms with E-state index in [-0.39, 0.29) is 17.1 Å². The van der Waals surface area contributed by atoms with Gasteiger partial charge in [-0.05, 0) is 55.2 Å².